The van der Waals surface area contributed by atoms with Gasteiger partial charge in [-0.15, -0.1) is 0 Å². The van der Waals surface area contributed by atoms with Crippen LogP contribution in [0.5, 0.6) is 0 Å². The summed E-state index contributed by atoms with van der Waals surface area (Å²) >= 11 is 12.6. The number of carbonyl (C=O) groups excluding carboxylic acids is 3. The molecule has 0 radical (unpaired) electrons. The molecule has 2 spiro atoms. The molecule has 12 heteroatoms. The van der Waals surface area contributed by atoms with Crippen LogP contribution in [0.25, 0.3) is 0 Å². The molecule has 2 aromatic rings. The summed E-state index contributed by atoms with van der Waals surface area (Å²) in [4.78, 5) is 44.6. The normalized spacial score (nSPS) is 32.4. The third-order valence-electron chi connectivity index (χ3n) is 10.4. The number of aromatic nitrogens is 1. The van der Waals surface area contributed by atoms with E-state index in [1.54, 1.807) is 19.1 Å². The van der Waals surface area contributed by atoms with E-state index < -0.39 is 52.2 Å². The highest BCUT2D eigenvalue weighted by Crippen LogP contribution is 2.64. The first-order valence-electron chi connectivity index (χ1n) is 14.7. The Bertz CT molecular complexity index is 1500. The molecule has 9 nitrogen and oxygen atoms in total. The van der Waals surface area contributed by atoms with E-state index in [9.17, 15) is 14.4 Å². The third-order valence-corrected chi connectivity index (χ3v) is 10.9. The zero-order chi connectivity index (χ0) is 30.9. The molecule has 5 atom stereocenters. The molecule has 1 aromatic carbocycles. The van der Waals surface area contributed by atoms with Crippen LogP contribution in [0.3, 0.4) is 0 Å². The van der Waals surface area contributed by atoms with Crippen LogP contribution < -0.4 is 21.7 Å². The molecule has 1 aromatic heterocycles. The van der Waals surface area contributed by atoms with Crippen molar-refractivity contribution in [2.45, 2.75) is 93.9 Å². The highest BCUT2D eigenvalue weighted by Gasteiger charge is 2.73. The maximum absolute atomic E-state index is 16.0. The SMILES string of the molecule is CC1(C)CCC2(CC1)N[C@@H](C(=O)N[C@@H]1CCC(C)(C(N)=O)OC1)[C@H](c1ccnc(Cl)c1F)[C@]21C(=O)Nc2cc(Cl)ccc21. The Kier molecular flexibility index (Phi) is 7.31. The van der Waals surface area contributed by atoms with Crippen LogP contribution in [0.2, 0.25) is 10.2 Å². The van der Waals surface area contributed by atoms with Crippen molar-refractivity contribution >= 4 is 46.6 Å². The minimum Gasteiger partial charge on any atom is -0.367 e. The van der Waals surface area contributed by atoms with Gasteiger partial charge in [0, 0.05) is 28.4 Å². The number of amides is 3. The molecule has 3 aliphatic heterocycles. The highest BCUT2D eigenvalue weighted by molar-refractivity contribution is 6.31. The fourth-order valence-corrected chi connectivity index (χ4v) is 8.15. The van der Waals surface area contributed by atoms with E-state index in [1.807, 2.05) is 6.07 Å². The van der Waals surface area contributed by atoms with Gasteiger partial charge in [0.1, 0.15) is 11.0 Å². The lowest BCUT2D eigenvalue weighted by Gasteiger charge is -2.50. The Balaban J connectivity index is 1.48. The van der Waals surface area contributed by atoms with Gasteiger partial charge in [0.05, 0.1) is 18.7 Å². The first kappa shape index (κ1) is 30.2. The van der Waals surface area contributed by atoms with E-state index in [2.05, 4.69) is 34.8 Å². The van der Waals surface area contributed by atoms with Gasteiger partial charge in [0.2, 0.25) is 17.7 Å². The quantitative estimate of drug-likeness (QED) is 0.371. The van der Waals surface area contributed by atoms with E-state index in [0.29, 0.717) is 42.0 Å². The molecule has 3 amide bonds. The van der Waals surface area contributed by atoms with Crippen molar-refractivity contribution in [3.63, 3.8) is 0 Å². The monoisotopic (exact) mass is 631 g/mol. The van der Waals surface area contributed by atoms with Gasteiger partial charge in [-0.3, -0.25) is 19.7 Å². The number of nitrogens with one attached hydrogen (secondary N) is 3. The van der Waals surface area contributed by atoms with Crippen molar-refractivity contribution < 1.29 is 23.5 Å². The van der Waals surface area contributed by atoms with Crippen LogP contribution in [-0.2, 0) is 24.5 Å². The van der Waals surface area contributed by atoms with Gasteiger partial charge in [-0.05, 0) is 80.2 Å². The second kappa shape index (κ2) is 10.4. The summed E-state index contributed by atoms with van der Waals surface area (Å²) in [6.07, 6.45) is 4.95. The number of fused-ring (bicyclic) bond motifs is 3. The maximum Gasteiger partial charge on any atom is 0.249 e. The number of pyridine rings is 1. The van der Waals surface area contributed by atoms with E-state index in [4.69, 9.17) is 33.7 Å². The summed E-state index contributed by atoms with van der Waals surface area (Å²) in [6, 6.07) is 5.31. The van der Waals surface area contributed by atoms with Crippen LogP contribution in [0, 0.1) is 11.2 Å². The van der Waals surface area contributed by atoms with Gasteiger partial charge >= 0.3 is 0 Å². The molecule has 6 rings (SSSR count). The first-order chi connectivity index (χ1) is 20.2. The predicted octanol–water partition coefficient (Wildman–Crippen LogP) is 4.35. The van der Waals surface area contributed by atoms with Crippen molar-refractivity contribution in [2.24, 2.45) is 11.1 Å². The Morgan fingerprint density at radius 1 is 1.12 bits per heavy atom. The van der Waals surface area contributed by atoms with E-state index in [-0.39, 0.29) is 28.6 Å². The average molecular weight is 633 g/mol. The molecule has 2 saturated heterocycles. The number of ether oxygens (including phenoxy) is 1. The van der Waals surface area contributed by atoms with Gasteiger partial charge in [0.15, 0.2) is 11.0 Å². The second-order valence-corrected chi connectivity index (χ2v) is 14.2. The lowest BCUT2D eigenvalue weighted by molar-refractivity contribution is -0.149. The second-order valence-electron chi connectivity index (χ2n) is 13.5. The molecule has 4 heterocycles. The number of hydrogen-bond donors (Lipinski definition) is 4. The van der Waals surface area contributed by atoms with Gasteiger partial charge < -0.3 is 21.1 Å². The summed E-state index contributed by atoms with van der Waals surface area (Å²) in [5.74, 6) is -3.02. The number of anilines is 1. The number of nitrogens with zero attached hydrogens (tertiary/aromatic N) is 1. The lowest BCUT2D eigenvalue weighted by Crippen LogP contribution is -2.61. The predicted molar refractivity (Wildman–Crippen MR) is 160 cm³/mol. The topological polar surface area (TPSA) is 135 Å². The molecule has 3 fully saturated rings. The molecule has 1 aliphatic carbocycles. The van der Waals surface area contributed by atoms with Crippen molar-refractivity contribution in [3.8, 4) is 0 Å². The van der Waals surface area contributed by atoms with E-state index in [1.165, 1.54) is 12.3 Å². The minimum absolute atomic E-state index is 0.0274. The van der Waals surface area contributed by atoms with Gasteiger partial charge in [-0.1, -0.05) is 43.1 Å². The summed E-state index contributed by atoms with van der Waals surface area (Å²) in [5, 5.41) is 9.83. The molecular weight excluding hydrogens is 596 g/mol. The lowest BCUT2D eigenvalue weighted by atomic mass is 9.53. The van der Waals surface area contributed by atoms with Crippen molar-refractivity contribution in [1.82, 2.24) is 15.6 Å². The Labute approximate surface area is 259 Å². The summed E-state index contributed by atoms with van der Waals surface area (Å²) in [6.45, 7) is 6.11. The molecule has 1 saturated carbocycles. The fraction of sp³-hybridized carbons (Fsp3) is 0.548. The van der Waals surface area contributed by atoms with Gasteiger partial charge in [-0.2, -0.15) is 0 Å². The van der Waals surface area contributed by atoms with E-state index in [0.717, 1.165) is 12.8 Å². The van der Waals surface area contributed by atoms with Crippen molar-refractivity contribution in [2.75, 3.05) is 11.9 Å². The fourth-order valence-electron chi connectivity index (χ4n) is 7.82. The molecule has 1 unspecified atom stereocenters. The number of nitrogens with two attached hydrogens (primary N) is 1. The van der Waals surface area contributed by atoms with Crippen LogP contribution in [0.4, 0.5) is 10.1 Å². The molecular formula is C31H36Cl2FN5O4. The maximum atomic E-state index is 16.0. The van der Waals surface area contributed by atoms with Gasteiger partial charge in [0.25, 0.3) is 0 Å². The summed E-state index contributed by atoms with van der Waals surface area (Å²) in [7, 11) is 0. The number of primary amides is 1. The minimum atomic E-state index is -1.36. The third kappa shape index (κ3) is 4.64. The first-order valence-corrected chi connectivity index (χ1v) is 15.4. The van der Waals surface area contributed by atoms with Crippen LogP contribution >= 0.6 is 23.2 Å². The number of hydrogen-bond acceptors (Lipinski definition) is 6. The molecule has 5 N–H and O–H groups in total. The Morgan fingerprint density at radius 3 is 2.49 bits per heavy atom. The zero-order valence-corrected chi connectivity index (χ0v) is 25.9. The number of benzene rings is 1. The Hall–Kier alpha value is -2.79. The molecule has 4 aliphatic rings. The summed E-state index contributed by atoms with van der Waals surface area (Å²) in [5.41, 5.74) is 3.55. The Morgan fingerprint density at radius 2 is 1.84 bits per heavy atom. The van der Waals surface area contributed by atoms with E-state index >= 15 is 4.39 Å². The number of rotatable bonds is 4. The molecule has 0 bridgehead atoms. The smallest absolute Gasteiger partial charge is 0.249 e. The largest absolute Gasteiger partial charge is 0.367 e. The standard InChI is InChI=1S/C31H36Cl2FN5O4/c1-28(2)9-11-30(12-10-28)31(19-5-4-16(32)14-20(19)38-27(31)42)21(18-7-13-36-24(33)22(18)34)23(39-30)25(40)37-17-6-8-29(3,26(35)41)43-15-17/h4-5,7,13-14,17,21,23,39H,6,8-12,15H2,1-3H3,(H2,35,41)(H,37,40)(H,38,42)/t17-,21+,23-,29?,31-/m1/s1. The number of halogens is 3. The average Bonchev–Trinajstić information content (AvgIpc) is 3.41. The van der Waals surface area contributed by atoms with Crippen LogP contribution in [-0.4, -0.2) is 52.5 Å². The van der Waals surface area contributed by atoms with Crippen molar-refractivity contribution in [1.29, 1.82) is 0 Å². The molecule has 230 valence electrons. The molecule has 43 heavy (non-hydrogen) atoms. The number of carbonyl (C=O) groups is 3. The zero-order valence-electron chi connectivity index (χ0n) is 24.4. The van der Waals surface area contributed by atoms with Crippen molar-refractivity contribution in [3.05, 3.63) is 57.6 Å². The van der Waals surface area contributed by atoms with Crippen LogP contribution in [0.1, 0.15) is 76.3 Å². The highest BCUT2D eigenvalue weighted by atomic mass is 35.5. The van der Waals surface area contributed by atoms with Crippen LogP contribution in [0.15, 0.2) is 30.5 Å². The summed E-state index contributed by atoms with van der Waals surface area (Å²) < 4.78 is 21.8. The van der Waals surface area contributed by atoms with Gasteiger partial charge in [-0.25, -0.2) is 9.37 Å².